The van der Waals surface area contributed by atoms with Gasteiger partial charge in [-0.3, -0.25) is 0 Å². The van der Waals surface area contributed by atoms with E-state index in [0.717, 1.165) is 18.5 Å². The largest absolute Gasteiger partial charge is 0.465 e. The van der Waals surface area contributed by atoms with Gasteiger partial charge < -0.3 is 10.1 Å². The molecule has 0 radical (unpaired) electrons. The van der Waals surface area contributed by atoms with Crippen LogP contribution in [0.25, 0.3) is 0 Å². The molecule has 1 heterocycles. The molecule has 1 aromatic heterocycles. The third-order valence-corrected chi connectivity index (χ3v) is 2.65. The first-order valence-electron chi connectivity index (χ1n) is 4.59. The van der Waals surface area contributed by atoms with Crippen molar-refractivity contribution in [1.82, 2.24) is 5.32 Å². The van der Waals surface area contributed by atoms with Crippen LogP contribution in [-0.2, 0) is 4.74 Å². The highest BCUT2D eigenvalue weighted by Crippen LogP contribution is 2.16. The van der Waals surface area contributed by atoms with E-state index in [1.54, 1.807) is 0 Å². The standard InChI is InChI=1S/C11H13NO2S/c1-12-7-4-3-5-9-6-8-15-10(9)11(13)14-2/h6,8,12H,4,7H2,1-2H3. The third-order valence-electron chi connectivity index (χ3n) is 1.76. The van der Waals surface area contributed by atoms with E-state index in [4.69, 9.17) is 0 Å². The molecule has 0 fully saturated rings. The van der Waals surface area contributed by atoms with Crippen LogP contribution in [0.1, 0.15) is 21.7 Å². The maximum Gasteiger partial charge on any atom is 0.349 e. The van der Waals surface area contributed by atoms with Crippen LogP contribution in [0, 0.1) is 11.8 Å². The minimum atomic E-state index is -0.317. The smallest absolute Gasteiger partial charge is 0.349 e. The normalized spacial score (nSPS) is 9.20. The molecule has 0 atom stereocenters. The van der Waals surface area contributed by atoms with E-state index in [-0.39, 0.29) is 5.97 Å². The fraction of sp³-hybridized carbons (Fsp3) is 0.364. The van der Waals surface area contributed by atoms with Gasteiger partial charge in [-0.15, -0.1) is 11.3 Å². The molecule has 0 spiro atoms. The minimum Gasteiger partial charge on any atom is -0.465 e. The Morgan fingerprint density at radius 2 is 2.47 bits per heavy atom. The molecule has 0 aliphatic carbocycles. The van der Waals surface area contributed by atoms with Crippen LogP contribution in [0.4, 0.5) is 0 Å². The lowest BCUT2D eigenvalue weighted by molar-refractivity contribution is 0.0606. The Labute approximate surface area is 93.5 Å². The highest BCUT2D eigenvalue weighted by molar-refractivity contribution is 7.12. The van der Waals surface area contributed by atoms with Gasteiger partial charge in [-0.25, -0.2) is 4.79 Å². The van der Waals surface area contributed by atoms with Gasteiger partial charge in [-0.1, -0.05) is 11.8 Å². The van der Waals surface area contributed by atoms with Crippen molar-refractivity contribution in [3.63, 3.8) is 0 Å². The van der Waals surface area contributed by atoms with Gasteiger partial charge in [-0.2, -0.15) is 0 Å². The predicted octanol–water partition coefficient (Wildman–Crippen LogP) is 1.50. The quantitative estimate of drug-likeness (QED) is 0.479. The van der Waals surface area contributed by atoms with Gasteiger partial charge in [0.05, 0.1) is 7.11 Å². The van der Waals surface area contributed by atoms with Crippen molar-refractivity contribution < 1.29 is 9.53 Å². The molecule has 80 valence electrons. The van der Waals surface area contributed by atoms with Crippen LogP contribution in [0.3, 0.4) is 0 Å². The van der Waals surface area contributed by atoms with Crippen molar-refractivity contribution in [2.45, 2.75) is 6.42 Å². The number of hydrogen-bond donors (Lipinski definition) is 1. The Morgan fingerprint density at radius 1 is 1.67 bits per heavy atom. The number of rotatable bonds is 3. The van der Waals surface area contributed by atoms with E-state index in [2.05, 4.69) is 21.9 Å². The average Bonchev–Trinajstić information content (AvgIpc) is 2.71. The number of carbonyl (C=O) groups is 1. The molecular formula is C11H13NO2S. The molecule has 0 saturated heterocycles. The van der Waals surface area contributed by atoms with E-state index in [9.17, 15) is 4.79 Å². The first kappa shape index (κ1) is 11.8. The Hall–Kier alpha value is -1.31. The van der Waals surface area contributed by atoms with Crippen LogP contribution in [0.5, 0.6) is 0 Å². The zero-order valence-electron chi connectivity index (χ0n) is 8.79. The van der Waals surface area contributed by atoms with Gasteiger partial charge in [0.25, 0.3) is 0 Å². The summed E-state index contributed by atoms with van der Waals surface area (Å²) in [5, 5.41) is 4.85. The van der Waals surface area contributed by atoms with Crippen LogP contribution in [0.15, 0.2) is 11.4 Å². The SMILES string of the molecule is CNCCC#Cc1ccsc1C(=O)OC. The van der Waals surface area contributed by atoms with Crippen LogP contribution < -0.4 is 5.32 Å². The molecule has 0 aliphatic heterocycles. The van der Waals surface area contributed by atoms with Gasteiger partial charge >= 0.3 is 5.97 Å². The van der Waals surface area contributed by atoms with Crippen molar-refractivity contribution in [3.05, 3.63) is 21.9 Å². The van der Waals surface area contributed by atoms with Crippen LogP contribution >= 0.6 is 11.3 Å². The fourth-order valence-corrected chi connectivity index (χ4v) is 1.77. The van der Waals surface area contributed by atoms with Crippen molar-refractivity contribution >= 4 is 17.3 Å². The second-order valence-electron chi connectivity index (χ2n) is 2.81. The summed E-state index contributed by atoms with van der Waals surface area (Å²) in [6.07, 6.45) is 0.771. The Kier molecular flexibility index (Phi) is 4.88. The Bertz CT molecular complexity index is 387. The van der Waals surface area contributed by atoms with Gasteiger partial charge in [0.15, 0.2) is 0 Å². The molecule has 4 heteroatoms. The van der Waals surface area contributed by atoms with E-state index < -0.39 is 0 Å². The first-order valence-corrected chi connectivity index (χ1v) is 5.47. The lowest BCUT2D eigenvalue weighted by Gasteiger charge is -1.94. The molecule has 0 aliphatic rings. The molecular weight excluding hydrogens is 210 g/mol. The van der Waals surface area contributed by atoms with Gasteiger partial charge in [-0.05, 0) is 18.5 Å². The second-order valence-corrected chi connectivity index (χ2v) is 3.73. The number of methoxy groups -OCH3 is 1. The Balaban J connectivity index is 2.71. The summed E-state index contributed by atoms with van der Waals surface area (Å²) >= 11 is 1.35. The fourth-order valence-electron chi connectivity index (χ4n) is 1.00. The highest BCUT2D eigenvalue weighted by atomic mass is 32.1. The highest BCUT2D eigenvalue weighted by Gasteiger charge is 2.11. The summed E-state index contributed by atoms with van der Waals surface area (Å²) in [5.41, 5.74) is 0.753. The molecule has 15 heavy (non-hydrogen) atoms. The maximum absolute atomic E-state index is 11.3. The summed E-state index contributed by atoms with van der Waals surface area (Å²) in [6.45, 7) is 0.852. The summed E-state index contributed by atoms with van der Waals surface area (Å²) in [4.78, 5) is 11.9. The zero-order chi connectivity index (χ0) is 11.1. The third kappa shape index (κ3) is 3.39. The summed E-state index contributed by atoms with van der Waals surface area (Å²) in [7, 11) is 3.26. The summed E-state index contributed by atoms with van der Waals surface area (Å²) in [6, 6.07) is 1.84. The molecule has 1 N–H and O–H groups in total. The van der Waals surface area contributed by atoms with E-state index in [0.29, 0.717) is 4.88 Å². The van der Waals surface area contributed by atoms with E-state index >= 15 is 0 Å². The second kappa shape index (κ2) is 6.23. The summed E-state index contributed by atoms with van der Waals surface area (Å²) in [5.74, 6) is 5.64. The van der Waals surface area contributed by atoms with Crippen molar-refractivity contribution in [3.8, 4) is 11.8 Å². The monoisotopic (exact) mass is 223 g/mol. The van der Waals surface area contributed by atoms with Crippen molar-refractivity contribution in [2.75, 3.05) is 20.7 Å². The summed E-state index contributed by atoms with van der Waals surface area (Å²) < 4.78 is 4.65. The molecule has 1 aromatic rings. The van der Waals surface area contributed by atoms with Crippen molar-refractivity contribution in [2.24, 2.45) is 0 Å². The number of hydrogen-bond acceptors (Lipinski definition) is 4. The lowest BCUT2D eigenvalue weighted by atomic mass is 10.2. The molecule has 3 nitrogen and oxygen atoms in total. The Morgan fingerprint density at radius 3 is 3.13 bits per heavy atom. The topological polar surface area (TPSA) is 38.3 Å². The zero-order valence-corrected chi connectivity index (χ0v) is 9.61. The van der Waals surface area contributed by atoms with Gasteiger partial charge in [0.1, 0.15) is 4.88 Å². The molecule has 0 bridgehead atoms. The predicted molar refractivity (Wildman–Crippen MR) is 61.1 cm³/mol. The number of thiophene rings is 1. The van der Waals surface area contributed by atoms with Crippen LogP contribution in [0.2, 0.25) is 0 Å². The molecule has 0 saturated carbocycles. The maximum atomic E-state index is 11.3. The number of ether oxygens (including phenoxy) is 1. The van der Waals surface area contributed by atoms with E-state index in [1.807, 2.05) is 18.5 Å². The minimum absolute atomic E-state index is 0.317. The molecule has 0 amide bonds. The lowest BCUT2D eigenvalue weighted by Crippen LogP contribution is -2.06. The number of esters is 1. The number of nitrogens with one attached hydrogen (secondary N) is 1. The average molecular weight is 223 g/mol. The van der Waals surface area contributed by atoms with Gasteiger partial charge in [0, 0.05) is 18.5 Å². The van der Waals surface area contributed by atoms with Crippen molar-refractivity contribution in [1.29, 1.82) is 0 Å². The molecule has 1 rings (SSSR count). The van der Waals surface area contributed by atoms with Gasteiger partial charge in [0.2, 0.25) is 0 Å². The number of carbonyl (C=O) groups excluding carboxylic acids is 1. The van der Waals surface area contributed by atoms with Crippen LogP contribution in [-0.4, -0.2) is 26.7 Å². The molecule has 0 aromatic carbocycles. The molecule has 0 unspecified atom stereocenters. The van der Waals surface area contributed by atoms with E-state index in [1.165, 1.54) is 18.4 Å². The first-order chi connectivity index (χ1) is 7.29.